The molecule has 2 N–H and O–H groups in total. The van der Waals surface area contributed by atoms with Crippen LogP contribution < -0.4 is 10.6 Å². The molecule has 0 fully saturated rings. The molecule has 2 amide bonds. The van der Waals surface area contributed by atoms with E-state index in [1.54, 1.807) is 24.3 Å². The highest BCUT2D eigenvalue weighted by Crippen LogP contribution is 2.24. The normalized spacial score (nSPS) is 17.2. The van der Waals surface area contributed by atoms with Gasteiger partial charge in [0, 0.05) is 10.7 Å². The number of benzene rings is 1. The van der Waals surface area contributed by atoms with Gasteiger partial charge in [-0.2, -0.15) is 0 Å². The Labute approximate surface area is 118 Å². The van der Waals surface area contributed by atoms with E-state index in [2.05, 4.69) is 20.8 Å². The van der Waals surface area contributed by atoms with Gasteiger partial charge in [0.25, 0.3) is 0 Å². The Morgan fingerprint density at radius 2 is 2.15 bits per heavy atom. The monoisotopic (exact) mass is 291 g/mol. The molecule has 2 heterocycles. The van der Waals surface area contributed by atoms with Crippen LogP contribution in [0.2, 0.25) is 5.02 Å². The summed E-state index contributed by atoms with van der Waals surface area (Å²) < 4.78 is 1.53. The number of rotatable bonds is 2. The van der Waals surface area contributed by atoms with Crippen LogP contribution in [0.15, 0.2) is 30.6 Å². The van der Waals surface area contributed by atoms with Crippen LogP contribution in [0.3, 0.4) is 0 Å². The minimum Gasteiger partial charge on any atom is -0.324 e. The van der Waals surface area contributed by atoms with Crippen LogP contribution in [0.25, 0.3) is 0 Å². The average molecular weight is 292 g/mol. The maximum atomic E-state index is 12.3. The summed E-state index contributed by atoms with van der Waals surface area (Å²) in [5.41, 5.74) is 0.611. The molecule has 3 rings (SSSR count). The summed E-state index contributed by atoms with van der Waals surface area (Å²) in [5, 5.41) is 13.3. The standard InChI is InChI=1S/C12H10ClN5O2/c13-7-1-3-8(4-2-7)15-11(20)9-5-10(19)16-12-17-14-6-18(9)12/h1-4,6,9H,5H2,(H,15,20)(H,16,17,19)/t9-/m0/s1. The number of amides is 2. The number of nitrogens with one attached hydrogen (secondary N) is 2. The van der Waals surface area contributed by atoms with Crippen LogP contribution in [0.1, 0.15) is 12.5 Å². The minimum atomic E-state index is -0.663. The van der Waals surface area contributed by atoms with Crippen LogP contribution in [0.5, 0.6) is 0 Å². The molecule has 0 aliphatic carbocycles. The fourth-order valence-corrected chi connectivity index (χ4v) is 2.11. The molecule has 1 aromatic carbocycles. The first-order valence-corrected chi connectivity index (χ1v) is 6.27. The van der Waals surface area contributed by atoms with Crippen molar-refractivity contribution in [3.63, 3.8) is 0 Å². The van der Waals surface area contributed by atoms with Crippen molar-refractivity contribution in [3.05, 3.63) is 35.6 Å². The van der Waals surface area contributed by atoms with Crippen LogP contribution >= 0.6 is 11.6 Å². The van der Waals surface area contributed by atoms with E-state index in [1.165, 1.54) is 10.9 Å². The van der Waals surface area contributed by atoms with Gasteiger partial charge in [-0.05, 0) is 24.3 Å². The number of halogens is 1. The number of aromatic nitrogens is 3. The topological polar surface area (TPSA) is 88.9 Å². The number of hydrogen-bond acceptors (Lipinski definition) is 4. The zero-order valence-corrected chi connectivity index (χ0v) is 11.0. The Kier molecular flexibility index (Phi) is 3.11. The highest BCUT2D eigenvalue weighted by Gasteiger charge is 2.31. The fourth-order valence-electron chi connectivity index (χ4n) is 1.99. The van der Waals surface area contributed by atoms with E-state index in [4.69, 9.17) is 11.6 Å². The molecule has 1 aromatic heterocycles. The molecule has 1 aliphatic heterocycles. The predicted octanol–water partition coefficient (Wildman–Crippen LogP) is 1.45. The van der Waals surface area contributed by atoms with Crippen molar-refractivity contribution in [2.75, 3.05) is 10.6 Å². The smallest absolute Gasteiger partial charge is 0.248 e. The lowest BCUT2D eigenvalue weighted by Gasteiger charge is -2.23. The third-order valence-electron chi connectivity index (χ3n) is 2.95. The van der Waals surface area contributed by atoms with Gasteiger partial charge in [-0.15, -0.1) is 10.2 Å². The molecule has 0 bridgehead atoms. The number of carbonyl (C=O) groups is 2. The van der Waals surface area contributed by atoms with Crippen molar-refractivity contribution in [2.45, 2.75) is 12.5 Å². The van der Waals surface area contributed by atoms with Crippen molar-refractivity contribution in [3.8, 4) is 0 Å². The molecule has 2 aromatic rings. The first kappa shape index (κ1) is 12.6. The maximum Gasteiger partial charge on any atom is 0.248 e. The van der Waals surface area contributed by atoms with Gasteiger partial charge in [0.15, 0.2) is 0 Å². The third-order valence-corrected chi connectivity index (χ3v) is 3.21. The Morgan fingerprint density at radius 1 is 1.40 bits per heavy atom. The molecule has 0 spiro atoms. The Balaban J connectivity index is 1.81. The minimum absolute atomic E-state index is 0.0461. The van der Waals surface area contributed by atoms with E-state index in [1.807, 2.05) is 0 Å². The Morgan fingerprint density at radius 3 is 2.90 bits per heavy atom. The first-order valence-electron chi connectivity index (χ1n) is 5.89. The van der Waals surface area contributed by atoms with Gasteiger partial charge in [-0.3, -0.25) is 19.5 Å². The summed E-state index contributed by atoms with van der Waals surface area (Å²) >= 11 is 5.78. The zero-order valence-electron chi connectivity index (χ0n) is 10.2. The summed E-state index contributed by atoms with van der Waals surface area (Å²) in [5.74, 6) is -0.289. The lowest BCUT2D eigenvalue weighted by Crippen LogP contribution is -2.35. The SMILES string of the molecule is O=C1C[C@@H](C(=O)Nc2ccc(Cl)cc2)n2cnnc2N1. The molecule has 7 nitrogen and oxygen atoms in total. The van der Waals surface area contributed by atoms with Crippen LogP contribution in [0, 0.1) is 0 Å². The summed E-state index contributed by atoms with van der Waals surface area (Å²) in [6.07, 6.45) is 1.46. The van der Waals surface area contributed by atoms with E-state index in [0.29, 0.717) is 10.7 Å². The summed E-state index contributed by atoms with van der Waals surface area (Å²) in [4.78, 5) is 23.8. The second-order valence-electron chi connectivity index (χ2n) is 4.33. The Hall–Kier alpha value is -2.41. The van der Waals surface area contributed by atoms with Gasteiger partial charge in [-0.1, -0.05) is 11.6 Å². The van der Waals surface area contributed by atoms with Crippen molar-refractivity contribution in [1.82, 2.24) is 14.8 Å². The van der Waals surface area contributed by atoms with E-state index >= 15 is 0 Å². The molecule has 0 unspecified atom stereocenters. The molecular weight excluding hydrogens is 282 g/mol. The largest absolute Gasteiger partial charge is 0.324 e. The molecule has 1 aliphatic rings. The van der Waals surface area contributed by atoms with Gasteiger partial charge in [0.1, 0.15) is 12.4 Å². The van der Waals surface area contributed by atoms with Crippen molar-refractivity contribution in [2.24, 2.45) is 0 Å². The van der Waals surface area contributed by atoms with Gasteiger partial charge >= 0.3 is 0 Å². The van der Waals surface area contributed by atoms with Gasteiger partial charge in [-0.25, -0.2) is 0 Å². The molecule has 8 heteroatoms. The molecule has 0 radical (unpaired) electrons. The number of fused-ring (bicyclic) bond motifs is 1. The molecule has 20 heavy (non-hydrogen) atoms. The predicted molar refractivity (Wildman–Crippen MR) is 72.4 cm³/mol. The lowest BCUT2D eigenvalue weighted by atomic mass is 10.1. The molecular formula is C12H10ClN5O2. The van der Waals surface area contributed by atoms with Gasteiger partial charge in [0.2, 0.25) is 17.8 Å². The highest BCUT2D eigenvalue weighted by molar-refractivity contribution is 6.30. The van der Waals surface area contributed by atoms with E-state index in [0.717, 1.165) is 0 Å². The van der Waals surface area contributed by atoms with Crippen LogP contribution in [0.4, 0.5) is 11.6 Å². The second-order valence-corrected chi connectivity index (χ2v) is 4.76. The molecule has 0 saturated heterocycles. The molecule has 0 saturated carbocycles. The maximum absolute atomic E-state index is 12.3. The van der Waals surface area contributed by atoms with Crippen molar-refractivity contribution >= 4 is 35.1 Å². The number of nitrogens with zero attached hydrogens (tertiary/aromatic N) is 3. The number of anilines is 2. The zero-order chi connectivity index (χ0) is 14.1. The van der Waals surface area contributed by atoms with E-state index < -0.39 is 6.04 Å². The molecule has 1 atom stereocenters. The summed E-state index contributed by atoms with van der Waals surface area (Å²) in [6, 6.07) is 6.07. The van der Waals surface area contributed by atoms with E-state index in [-0.39, 0.29) is 24.2 Å². The van der Waals surface area contributed by atoms with Gasteiger partial charge < -0.3 is 5.32 Å². The summed E-state index contributed by atoms with van der Waals surface area (Å²) in [7, 11) is 0. The number of carbonyl (C=O) groups excluding carboxylic acids is 2. The third kappa shape index (κ3) is 2.35. The Bertz CT molecular complexity index is 667. The van der Waals surface area contributed by atoms with Crippen molar-refractivity contribution < 1.29 is 9.59 Å². The highest BCUT2D eigenvalue weighted by atomic mass is 35.5. The van der Waals surface area contributed by atoms with Crippen LogP contribution in [-0.4, -0.2) is 26.6 Å². The van der Waals surface area contributed by atoms with Crippen LogP contribution in [-0.2, 0) is 9.59 Å². The second kappa shape index (κ2) is 4.93. The average Bonchev–Trinajstić information content (AvgIpc) is 2.88. The fraction of sp³-hybridized carbons (Fsp3) is 0.167. The lowest BCUT2D eigenvalue weighted by molar-refractivity contribution is -0.125. The number of hydrogen-bond donors (Lipinski definition) is 2. The summed E-state index contributed by atoms with van der Waals surface area (Å²) in [6.45, 7) is 0. The first-order chi connectivity index (χ1) is 9.63. The molecule has 102 valence electrons. The van der Waals surface area contributed by atoms with Gasteiger partial charge in [0.05, 0.1) is 6.42 Å². The van der Waals surface area contributed by atoms with Crippen molar-refractivity contribution in [1.29, 1.82) is 0 Å². The quantitative estimate of drug-likeness (QED) is 0.876. The van der Waals surface area contributed by atoms with E-state index in [9.17, 15) is 9.59 Å².